The molecule has 6 heteroatoms. The highest BCUT2D eigenvalue weighted by Crippen LogP contribution is 2.16. The third-order valence-corrected chi connectivity index (χ3v) is 5.40. The van der Waals surface area contributed by atoms with Gasteiger partial charge in [-0.05, 0) is 37.0 Å². The molecule has 0 unspecified atom stereocenters. The molecule has 2 aromatic carbocycles. The van der Waals surface area contributed by atoms with Crippen molar-refractivity contribution in [2.75, 3.05) is 11.4 Å². The van der Waals surface area contributed by atoms with E-state index in [1.807, 2.05) is 48.5 Å². The molecule has 0 atom stereocenters. The Balaban J connectivity index is 1.54. The van der Waals surface area contributed by atoms with E-state index in [1.165, 1.54) is 10.2 Å². The van der Waals surface area contributed by atoms with E-state index in [4.69, 9.17) is 0 Å². The fraction of sp³-hybridized carbons (Fsp3) is 0.348. The van der Waals surface area contributed by atoms with Crippen LogP contribution in [0.5, 0.6) is 0 Å². The van der Waals surface area contributed by atoms with Crippen LogP contribution in [0, 0.1) is 0 Å². The van der Waals surface area contributed by atoms with Gasteiger partial charge in [-0.3, -0.25) is 9.36 Å². The minimum absolute atomic E-state index is 0.0392. The number of anilines is 1. The standard InChI is InChI=1S/C23H26N4O2/c28-22(18-27-23(29)26-16-9-3-8-14-21(26)24-27)25(20-12-6-2-7-13-20)17-15-19-10-4-1-5-11-19/h1-2,4-7,10-13H,3,8-9,14-18H2. The maximum atomic E-state index is 13.2. The highest BCUT2D eigenvalue weighted by Gasteiger charge is 2.21. The monoisotopic (exact) mass is 390 g/mol. The van der Waals surface area contributed by atoms with Crippen molar-refractivity contribution in [1.29, 1.82) is 0 Å². The number of rotatable bonds is 6. The predicted octanol–water partition coefficient (Wildman–Crippen LogP) is 3.05. The van der Waals surface area contributed by atoms with Gasteiger partial charge in [0.2, 0.25) is 5.91 Å². The summed E-state index contributed by atoms with van der Waals surface area (Å²) in [4.78, 5) is 27.7. The van der Waals surface area contributed by atoms with Crippen LogP contribution in [0.4, 0.5) is 5.69 Å². The minimum atomic E-state index is -0.175. The maximum absolute atomic E-state index is 13.2. The van der Waals surface area contributed by atoms with Gasteiger partial charge >= 0.3 is 5.69 Å². The van der Waals surface area contributed by atoms with Gasteiger partial charge in [0.1, 0.15) is 12.4 Å². The fourth-order valence-corrected chi connectivity index (χ4v) is 3.83. The molecule has 1 aliphatic rings. The van der Waals surface area contributed by atoms with Gasteiger partial charge in [0.15, 0.2) is 0 Å². The van der Waals surface area contributed by atoms with Gasteiger partial charge in [-0.1, -0.05) is 55.0 Å². The molecule has 0 fully saturated rings. The van der Waals surface area contributed by atoms with E-state index < -0.39 is 0 Å². The van der Waals surface area contributed by atoms with E-state index in [1.54, 1.807) is 9.47 Å². The molecule has 29 heavy (non-hydrogen) atoms. The Hall–Kier alpha value is -3.15. The smallest absolute Gasteiger partial charge is 0.310 e. The summed E-state index contributed by atoms with van der Waals surface area (Å²) < 4.78 is 3.07. The molecule has 1 aliphatic heterocycles. The maximum Gasteiger partial charge on any atom is 0.346 e. The van der Waals surface area contributed by atoms with Crippen molar-refractivity contribution >= 4 is 11.6 Å². The molecule has 1 aromatic heterocycles. The lowest BCUT2D eigenvalue weighted by Crippen LogP contribution is -2.38. The predicted molar refractivity (Wildman–Crippen MR) is 113 cm³/mol. The average molecular weight is 390 g/mol. The van der Waals surface area contributed by atoms with Gasteiger partial charge in [0.25, 0.3) is 0 Å². The van der Waals surface area contributed by atoms with Crippen LogP contribution in [0.2, 0.25) is 0 Å². The summed E-state index contributed by atoms with van der Waals surface area (Å²) in [6.45, 7) is 1.20. The summed E-state index contributed by atoms with van der Waals surface area (Å²) in [5, 5.41) is 4.46. The van der Waals surface area contributed by atoms with Crippen molar-refractivity contribution in [2.45, 2.75) is 45.2 Å². The van der Waals surface area contributed by atoms with E-state index in [-0.39, 0.29) is 18.1 Å². The highest BCUT2D eigenvalue weighted by atomic mass is 16.2. The number of aromatic nitrogens is 3. The lowest BCUT2D eigenvalue weighted by molar-refractivity contribution is -0.119. The third-order valence-electron chi connectivity index (χ3n) is 5.40. The molecule has 0 aliphatic carbocycles. The molecule has 3 aromatic rings. The Kier molecular flexibility index (Phi) is 5.89. The Bertz CT molecular complexity index is 1010. The highest BCUT2D eigenvalue weighted by molar-refractivity contribution is 5.93. The molecule has 0 spiro atoms. The van der Waals surface area contributed by atoms with Crippen LogP contribution in [-0.2, 0) is 30.7 Å². The van der Waals surface area contributed by atoms with Crippen LogP contribution in [0.1, 0.15) is 30.7 Å². The number of para-hydroxylation sites is 1. The van der Waals surface area contributed by atoms with Crippen LogP contribution in [0.25, 0.3) is 0 Å². The molecule has 6 nitrogen and oxygen atoms in total. The van der Waals surface area contributed by atoms with Crippen molar-refractivity contribution in [2.24, 2.45) is 0 Å². The van der Waals surface area contributed by atoms with Crippen molar-refractivity contribution in [3.05, 3.63) is 82.5 Å². The number of aryl methyl sites for hydroxylation is 1. The van der Waals surface area contributed by atoms with Gasteiger partial charge in [0.05, 0.1) is 0 Å². The lowest BCUT2D eigenvalue weighted by atomic mass is 10.1. The molecule has 1 amide bonds. The van der Waals surface area contributed by atoms with Gasteiger partial charge in [-0.25, -0.2) is 9.48 Å². The Morgan fingerprint density at radius 3 is 2.45 bits per heavy atom. The number of amides is 1. The largest absolute Gasteiger partial charge is 0.346 e. The topological polar surface area (TPSA) is 60.1 Å². The van der Waals surface area contributed by atoms with Crippen LogP contribution in [0.3, 0.4) is 0 Å². The van der Waals surface area contributed by atoms with E-state index in [0.29, 0.717) is 13.1 Å². The third kappa shape index (κ3) is 4.47. The van der Waals surface area contributed by atoms with E-state index >= 15 is 0 Å². The first-order valence-corrected chi connectivity index (χ1v) is 10.3. The second kappa shape index (κ2) is 8.90. The fourth-order valence-electron chi connectivity index (χ4n) is 3.83. The van der Waals surface area contributed by atoms with Gasteiger partial charge in [-0.2, -0.15) is 5.10 Å². The van der Waals surface area contributed by atoms with Gasteiger partial charge in [0, 0.05) is 25.2 Å². The second-order valence-electron chi connectivity index (χ2n) is 7.44. The summed E-state index contributed by atoms with van der Waals surface area (Å²) in [5.74, 6) is 0.679. The van der Waals surface area contributed by atoms with E-state index in [0.717, 1.165) is 43.6 Å². The van der Waals surface area contributed by atoms with Crippen molar-refractivity contribution in [3.8, 4) is 0 Å². The normalized spacial score (nSPS) is 13.5. The van der Waals surface area contributed by atoms with Crippen molar-refractivity contribution in [1.82, 2.24) is 14.3 Å². The zero-order valence-corrected chi connectivity index (χ0v) is 16.5. The number of carbonyl (C=O) groups is 1. The molecule has 150 valence electrons. The number of fused-ring (bicyclic) bond motifs is 1. The number of nitrogens with zero attached hydrogens (tertiary/aromatic N) is 4. The van der Waals surface area contributed by atoms with Crippen LogP contribution < -0.4 is 10.6 Å². The second-order valence-corrected chi connectivity index (χ2v) is 7.44. The van der Waals surface area contributed by atoms with Gasteiger partial charge in [-0.15, -0.1) is 0 Å². The summed E-state index contributed by atoms with van der Waals surface area (Å²) >= 11 is 0. The SMILES string of the molecule is O=C(Cn1nc2n(c1=O)CCCCC2)N(CCc1ccccc1)c1ccccc1. The first-order valence-electron chi connectivity index (χ1n) is 10.3. The van der Waals surface area contributed by atoms with Crippen LogP contribution in [-0.4, -0.2) is 26.8 Å². The zero-order valence-electron chi connectivity index (χ0n) is 16.5. The first-order chi connectivity index (χ1) is 14.2. The Morgan fingerprint density at radius 2 is 1.69 bits per heavy atom. The Labute approximate surface area is 170 Å². The number of hydrogen-bond acceptors (Lipinski definition) is 3. The number of carbonyl (C=O) groups excluding carboxylic acids is 1. The summed E-state index contributed by atoms with van der Waals surface area (Å²) in [5.41, 5.74) is 1.83. The van der Waals surface area contributed by atoms with E-state index in [9.17, 15) is 9.59 Å². The Morgan fingerprint density at radius 1 is 0.966 bits per heavy atom. The van der Waals surface area contributed by atoms with Crippen LogP contribution in [0.15, 0.2) is 65.5 Å². The van der Waals surface area contributed by atoms with Crippen molar-refractivity contribution in [3.63, 3.8) is 0 Å². The first kappa shape index (κ1) is 19.2. The molecule has 0 saturated heterocycles. The quantitative estimate of drug-likeness (QED) is 0.650. The summed E-state index contributed by atoms with van der Waals surface area (Å²) in [7, 11) is 0. The van der Waals surface area contributed by atoms with Gasteiger partial charge < -0.3 is 4.90 Å². The summed E-state index contributed by atoms with van der Waals surface area (Å²) in [6, 6.07) is 19.7. The molecule has 0 radical (unpaired) electrons. The number of benzene rings is 2. The average Bonchev–Trinajstić information content (AvgIpc) is 2.91. The molecule has 2 heterocycles. The molecule has 0 N–H and O–H groups in total. The molecule has 4 rings (SSSR count). The molecular formula is C23H26N4O2. The van der Waals surface area contributed by atoms with Crippen molar-refractivity contribution < 1.29 is 4.79 Å². The van der Waals surface area contributed by atoms with E-state index in [2.05, 4.69) is 17.2 Å². The molecular weight excluding hydrogens is 364 g/mol. The number of hydrogen-bond donors (Lipinski definition) is 0. The minimum Gasteiger partial charge on any atom is -0.310 e. The summed E-state index contributed by atoms with van der Waals surface area (Å²) in [6.07, 6.45) is 4.68. The molecule has 0 saturated carbocycles. The lowest BCUT2D eigenvalue weighted by Gasteiger charge is -2.23. The molecule has 0 bridgehead atoms. The van der Waals surface area contributed by atoms with Crippen LogP contribution >= 0.6 is 0 Å². The zero-order chi connectivity index (χ0) is 20.1.